The van der Waals surface area contributed by atoms with Crippen LogP contribution in [0, 0.1) is 0 Å². The van der Waals surface area contributed by atoms with Crippen LogP contribution in [0.3, 0.4) is 0 Å². The monoisotopic (exact) mass is 313 g/mol. The molecule has 1 saturated heterocycles. The first-order valence-corrected chi connectivity index (χ1v) is 7.94. The topological polar surface area (TPSA) is 39.7 Å². The molecule has 0 bridgehead atoms. The summed E-state index contributed by atoms with van der Waals surface area (Å²) in [7, 11) is 1.63. The Morgan fingerprint density at radius 2 is 2.29 bits per heavy atom. The van der Waals surface area contributed by atoms with Crippen molar-refractivity contribution in [3.8, 4) is 11.5 Å². The Morgan fingerprint density at radius 3 is 2.95 bits per heavy atom. The van der Waals surface area contributed by atoms with E-state index in [1.54, 1.807) is 7.11 Å². The van der Waals surface area contributed by atoms with Crippen LogP contribution >= 0.6 is 11.6 Å². The van der Waals surface area contributed by atoms with E-state index in [-0.39, 0.29) is 6.10 Å². The maximum absolute atomic E-state index is 6.34. The normalized spacial score (nSPS) is 18.0. The average Bonchev–Trinajstić information content (AvgIpc) is 2.99. The van der Waals surface area contributed by atoms with E-state index in [1.807, 2.05) is 12.1 Å². The predicted octanol–water partition coefficient (Wildman–Crippen LogP) is 3.41. The Balaban J connectivity index is 2.01. The van der Waals surface area contributed by atoms with Crippen LogP contribution in [-0.4, -0.2) is 33.0 Å². The summed E-state index contributed by atoms with van der Waals surface area (Å²) in [6.45, 7) is 5.24. The molecule has 1 aromatic carbocycles. The summed E-state index contributed by atoms with van der Waals surface area (Å²) in [6, 6.07) is 3.90. The van der Waals surface area contributed by atoms with Crippen LogP contribution in [0.5, 0.6) is 11.5 Å². The summed E-state index contributed by atoms with van der Waals surface area (Å²) in [5.41, 5.74) is 1.09. The van der Waals surface area contributed by atoms with Gasteiger partial charge >= 0.3 is 0 Å². The van der Waals surface area contributed by atoms with Crippen LogP contribution in [0.2, 0.25) is 5.02 Å². The number of methoxy groups -OCH3 is 1. The molecular formula is C16H24ClNO3. The molecule has 1 unspecified atom stereocenters. The van der Waals surface area contributed by atoms with Gasteiger partial charge in [0, 0.05) is 13.2 Å². The fourth-order valence-corrected chi connectivity index (χ4v) is 2.66. The van der Waals surface area contributed by atoms with Crippen LogP contribution in [0.4, 0.5) is 0 Å². The Morgan fingerprint density at radius 1 is 1.43 bits per heavy atom. The van der Waals surface area contributed by atoms with E-state index in [0.29, 0.717) is 23.1 Å². The Kier molecular flexibility index (Phi) is 6.61. The van der Waals surface area contributed by atoms with Crippen LogP contribution < -0.4 is 14.8 Å². The molecule has 0 aromatic heterocycles. The summed E-state index contributed by atoms with van der Waals surface area (Å²) in [5.74, 6) is 1.28. The van der Waals surface area contributed by atoms with E-state index in [9.17, 15) is 0 Å². The van der Waals surface area contributed by atoms with Gasteiger partial charge in [0.1, 0.15) is 6.61 Å². The highest BCUT2D eigenvalue weighted by Crippen LogP contribution is 2.36. The van der Waals surface area contributed by atoms with Gasteiger partial charge < -0.3 is 19.5 Å². The standard InChI is InChI=1S/C16H24ClNO3/c1-3-6-18-10-12-8-14(17)16(15(9-12)19-2)21-11-13-5-4-7-20-13/h8-9,13,18H,3-7,10-11H2,1-2H3. The molecule has 1 aliphatic heterocycles. The fourth-order valence-electron chi connectivity index (χ4n) is 2.38. The number of halogens is 1. The molecule has 118 valence electrons. The van der Waals surface area contributed by atoms with Crippen molar-refractivity contribution in [3.63, 3.8) is 0 Å². The van der Waals surface area contributed by atoms with Gasteiger partial charge in [0.15, 0.2) is 11.5 Å². The van der Waals surface area contributed by atoms with Crippen molar-refractivity contribution in [1.29, 1.82) is 0 Å². The number of rotatable bonds is 8. The molecule has 1 heterocycles. The molecule has 1 N–H and O–H groups in total. The quantitative estimate of drug-likeness (QED) is 0.747. The molecule has 1 atom stereocenters. The zero-order valence-electron chi connectivity index (χ0n) is 12.8. The summed E-state index contributed by atoms with van der Waals surface area (Å²) in [4.78, 5) is 0. The van der Waals surface area contributed by atoms with Gasteiger partial charge in [-0.1, -0.05) is 18.5 Å². The number of benzene rings is 1. The third-order valence-corrected chi connectivity index (χ3v) is 3.76. The van der Waals surface area contributed by atoms with Crippen molar-refractivity contribution < 1.29 is 14.2 Å². The second kappa shape index (κ2) is 8.47. The first kappa shape index (κ1) is 16.4. The summed E-state index contributed by atoms with van der Waals surface area (Å²) < 4.78 is 16.8. The number of hydrogen-bond acceptors (Lipinski definition) is 4. The fraction of sp³-hybridized carbons (Fsp3) is 0.625. The highest BCUT2D eigenvalue weighted by atomic mass is 35.5. The van der Waals surface area contributed by atoms with Gasteiger partial charge in [0.25, 0.3) is 0 Å². The van der Waals surface area contributed by atoms with E-state index in [1.165, 1.54) is 0 Å². The molecule has 0 spiro atoms. The maximum Gasteiger partial charge on any atom is 0.179 e. The largest absolute Gasteiger partial charge is 0.493 e. The van der Waals surface area contributed by atoms with E-state index in [2.05, 4.69) is 12.2 Å². The Bertz CT molecular complexity index is 447. The lowest BCUT2D eigenvalue weighted by Gasteiger charge is -2.16. The number of hydrogen-bond donors (Lipinski definition) is 1. The molecule has 1 fully saturated rings. The van der Waals surface area contributed by atoms with Gasteiger partial charge in [-0.2, -0.15) is 0 Å². The highest BCUT2D eigenvalue weighted by Gasteiger charge is 2.19. The van der Waals surface area contributed by atoms with Crippen molar-refractivity contribution in [3.05, 3.63) is 22.7 Å². The predicted molar refractivity (Wildman–Crippen MR) is 84.5 cm³/mol. The molecule has 0 amide bonds. The first-order chi connectivity index (χ1) is 10.2. The molecule has 0 aliphatic carbocycles. The lowest BCUT2D eigenvalue weighted by molar-refractivity contribution is 0.0670. The van der Waals surface area contributed by atoms with Gasteiger partial charge in [-0.25, -0.2) is 0 Å². The average molecular weight is 314 g/mol. The summed E-state index contributed by atoms with van der Waals surface area (Å²) >= 11 is 6.34. The molecule has 2 rings (SSSR count). The minimum absolute atomic E-state index is 0.164. The van der Waals surface area contributed by atoms with Gasteiger partial charge in [-0.3, -0.25) is 0 Å². The van der Waals surface area contributed by atoms with Gasteiger partial charge in [-0.15, -0.1) is 0 Å². The van der Waals surface area contributed by atoms with Gasteiger partial charge in [0.05, 0.1) is 18.2 Å². The Labute approximate surface area is 131 Å². The van der Waals surface area contributed by atoms with Crippen molar-refractivity contribution in [2.75, 3.05) is 26.9 Å². The van der Waals surface area contributed by atoms with Gasteiger partial charge in [-0.05, 0) is 43.5 Å². The number of ether oxygens (including phenoxy) is 3. The van der Waals surface area contributed by atoms with Crippen LogP contribution in [0.1, 0.15) is 31.7 Å². The van der Waals surface area contributed by atoms with E-state index >= 15 is 0 Å². The van der Waals surface area contributed by atoms with E-state index < -0.39 is 0 Å². The molecule has 21 heavy (non-hydrogen) atoms. The van der Waals surface area contributed by atoms with Crippen molar-refractivity contribution >= 4 is 11.6 Å². The number of nitrogens with one attached hydrogen (secondary N) is 1. The van der Waals surface area contributed by atoms with Crippen LogP contribution in [0.15, 0.2) is 12.1 Å². The van der Waals surface area contributed by atoms with E-state index in [0.717, 1.165) is 44.5 Å². The third-order valence-electron chi connectivity index (χ3n) is 3.48. The van der Waals surface area contributed by atoms with E-state index in [4.69, 9.17) is 25.8 Å². The maximum atomic E-state index is 6.34. The zero-order valence-corrected chi connectivity index (χ0v) is 13.5. The lowest BCUT2D eigenvalue weighted by atomic mass is 10.2. The lowest BCUT2D eigenvalue weighted by Crippen LogP contribution is -2.17. The van der Waals surface area contributed by atoms with Crippen LogP contribution in [-0.2, 0) is 11.3 Å². The summed E-state index contributed by atoms with van der Waals surface area (Å²) in [6.07, 6.45) is 3.41. The van der Waals surface area contributed by atoms with Crippen LogP contribution in [0.25, 0.3) is 0 Å². The minimum Gasteiger partial charge on any atom is -0.493 e. The zero-order chi connectivity index (χ0) is 15.1. The second-order valence-corrected chi connectivity index (χ2v) is 5.64. The SMILES string of the molecule is CCCNCc1cc(Cl)c(OCC2CCCO2)c(OC)c1. The molecular weight excluding hydrogens is 290 g/mol. The molecule has 0 radical (unpaired) electrons. The first-order valence-electron chi connectivity index (χ1n) is 7.56. The second-order valence-electron chi connectivity index (χ2n) is 5.23. The smallest absolute Gasteiger partial charge is 0.179 e. The molecule has 1 aromatic rings. The molecule has 1 aliphatic rings. The summed E-state index contributed by atoms with van der Waals surface area (Å²) in [5, 5.41) is 3.94. The molecule has 5 heteroatoms. The highest BCUT2D eigenvalue weighted by molar-refractivity contribution is 6.32. The Hall–Kier alpha value is -0.970. The van der Waals surface area contributed by atoms with Crippen molar-refractivity contribution in [2.45, 2.75) is 38.8 Å². The van der Waals surface area contributed by atoms with Gasteiger partial charge in [0.2, 0.25) is 0 Å². The molecule has 4 nitrogen and oxygen atoms in total. The van der Waals surface area contributed by atoms with Crippen molar-refractivity contribution in [1.82, 2.24) is 5.32 Å². The van der Waals surface area contributed by atoms with Crippen molar-refractivity contribution in [2.24, 2.45) is 0 Å². The molecule has 0 saturated carbocycles. The minimum atomic E-state index is 0.164. The third kappa shape index (κ3) is 4.77.